The molecule has 202 valence electrons. The first-order chi connectivity index (χ1) is 18.2. The second kappa shape index (κ2) is 13.3. The lowest BCUT2D eigenvalue weighted by Gasteiger charge is -2.33. The van der Waals surface area contributed by atoms with Gasteiger partial charge < -0.3 is 15.0 Å². The molecule has 0 bridgehead atoms. The Morgan fingerprint density at radius 2 is 1.58 bits per heavy atom. The number of anilines is 1. The number of nitrogens with one attached hydrogen (secondary N) is 1. The van der Waals surface area contributed by atoms with Gasteiger partial charge in [-0.25, -0.2) is 8.42 Å². The highest BCUT2D eigenvalue weighted by Crippen LogP contribution is 2.27. The zero-order chi connectivity index (χ0) is 27.7. The summed E-state index contributed by atoms with van der Waals surface area (Å²) in [4.78, 5) is 28.1. The van der Waals surface area contributed by atoms with Crippen molar-refractivity contribution in [2.45, 2.75) is 37.8 Å². The lowest BCUT2D eigenvalue weighted by molar-refractivity contribution is -0.140. The van der Waals surface area contributed by atoms with Gasteiger partial charge in [-0.3, -0.25) is 13.9 Å². The summed E-state index contributed by atoms with van der Waals surface area (Å²) < 4.78 is 34.1. The number of ether oxygens (including phenoxy) is 1. The Morgan fingerprint density at radius 1 is 0.947 bits per heavy atom. The second-order valence-corrected chi connectivity index (χ2v) is 10.7. The number of hydrogen-bond donors (Lipinski definition) is 1. The van der Waals surface area contributed by atoms with Crippen LogP contribution in [0.4, 0.5) is 5.69 Å². The zero-order valence-electron chi connectivity index (χ0n) is 21.6. The van der Waals surface area contributed by atoms with E-state index in [0.29, 0.717) is 29.4 Å². The molecule has 0 fully saturated rings. The van der Waals surface area contributed by atoms with Crippen molar-refractivity contribution < 1.29 is 22.7 Å². The molecule has 0 spiro atoms. The molecule has 0 radical (unpaired) electrons. The fourth-order valence-electron chi connectivity index (χ4n) is 4.02. The van der Waals surface area contributed by atoms with Crippen LogP contribution in [0, 0.1) is 0 Å². The minimum Gasteiger partial charge on any atom is -0.494 e. The molecule has 0 heterocycles. The fraction of sp³-hybridized carbons (Fsp3) is 0.286. The van der Waals surface area contributed by atoms with Crippen LogP contribution in [0.2, 0.25) is 5.02 Å². The molecule has 38 heavy (non-hydrogen) atoms. The van der Waals surface area contributed by atoms with Crippen LogP contribution in [0.25, 0.3) is 0 Å². The Morgan fingerprint density at radius 3 is 2.16 bits per heavy atom. The van der Waals surface area contributed by atoms with Crippen LogP contribution in [-0.4, -0.2) is 51.4 Å². The first-order valence-corrected chi connectivity index (χ1v) is 14.1. The number of carbonyl (C=O) groups is 2. The Labute approximate surface area is 229 Å². The largest absolute Gasteiger partial charge is 0.494 e. The van der Waals surface area contributed by atoms with Gasteiger partial charge in [0.2, 0.25) is 11.8 Å². The lowest BCUT2D eigenvalue weighted by atomic mass is 10.1. The first-order valence-electron chi connectivity index (χ1n) is 12.3. The van der Waals surface area contributed by atoms with Gasteiger partial charge in [0, 0.05) is 18.6 Å². The highest BCUT2D eigenvalue weighted by molar-refractivity contribution is 7.92. The molecule has 0 aromatic heterocycles. The number of hydrogen-bond acceptors (Lipinski definition) is 5. The van der Waals surface area contributed by atoms with Crippen LogP contribution in [-0.2, 0) is 26.2 Å². The SMILES string of the molecule is CCOc1ccc(N(CC(=O)N(Cc2ccccc2Cl)[C@@H](CC)C(=O)NC)S(=O)(=O)c2ccccc2)cc1. The first kappa shape index (κ1) is 29.0. The maximum Gasteiger partial charge on any atom is 0.264 e. The minimum absolute atomic E-state index is 0.0347. The number of sulfonamides is 1. The van der Waals surface area contributed by atoms with Crippen molar-refractivity contribution in [3.63, 3.8) is 0 Å². The molecule has 1 atom stereocenters. The van der Waals surface area contributed by atoms with Crippen LogP contribution in [0.15, 0.2) is 83.8 Å². The fourth-order valence-corrected chi connectivity index (χ4v) is 5.65. The van der Waals surface area contributed by atoms with Crippen molar-refractivity contribution in [3.05, 3.63) is 89.4 Å². The molecular formula is C28H32ClN3O5S. The molecule has 2 amide bonds. The summed E-state index contributed by atoms with van der Waals surface area (Å²) in [5.74, 6) is -0.328. The summed E-state index contributed by atoms with van der Waals surface area (Å²) in [5.41, 5.74) is 0.930. The van der Waals surface area contributed by atoms with Crippen LogP contribution < -0.4 is 14.4 Å². The third kappa shape index (κ3) is 6.85. The molecule has 0 saturated heterocycles. The van der Waals surface area contributed by atoms with E-state index in [1.165, 1.54) is 24.1 Å². The zero-order valence-corrected chi connectivity index (χ0v) is 23.2. The standard InChI is InChI=1S/C28H32ClN3O5S/c1-4-26(28(34)30-3)31(19-21-11-9-10-14-25(21)29)27(33)20-32(22-15-17-23(18-16-22)37-5-2)38(35,36)24-12-7-6-8-13-24/h6-18,26H,4-5,19-20H2,1-3H3,(H,30,34)/t26-/m0/s1. The quantitative estimate of drug-likeness (QED) is 0.354. The molecule has 0 aliphatic heterocycles. The van der Waals surface area contributed by atoms with Gasteiger partial charge in [-0.2, -0.15) is 0 Å². The third-order valence-electron chi connectivity index (χ3n) is 5.98. The van der Waals surface area contributed by atoms with Gasteiger partial charge in [0.05, 0.1) is 17.2 Å². The van der Waals surface area contributed by atoms with E-state index < -0.39 is 28.5 Å². The van der Waals surface area contributed by atoms with E-state index in [-0.39, 0.29) is 23.0 Å². The van der Waals surface area contributed by atoms with Gasteiger partial charge in [-0.05, 0) is 61.4 Å². The van der Waals surface area contributed by atoms with Crippen LogP contribution in [0.1, 0.15) is 25.8 Å². The van der Waals surface area contributed by atoms with E-state index in [9.17, 15) is 18.0 Å². The molecule has 0 aliphatic rings. The Balaban J connectivity index is 2.05. The average Bonchev–Trinajstić information content (AvgIpc) is 2.93. The number of carbonyl (C=O) groups excluding carboxylic acids is 2. The number of benzene rings is 3. The summed E-state index contributed by atoms with van der Waals surface area (Å²) in [7, 11) is -2.63. The van der Waals surface area contributed by atoms with Crippen molar-refractivity contribution in [1.29, 1.82) is 0 Å². The predicted octanol–water partition coefficient (Wildman–Crippen LogP) is 4.49. The number of amides is 2. The van der Waals surface area contributed by atoms with Gasteiger partial charge in [0.25, 0.3) is 10.0 Å². The van der Waals surface area contributed by atoms with Crippen LogP contribution in [0.5, 0.6) is 5.75 Å². The molecule has 0 saturated carbocycles. The molecule has 3 aromatic carbocycles. The monoisotopic (exact) mass is 557 g/mol. The molecule has 1 N–H and O–H groups in total. The molecular weight excluding hydrogens is 526 g/mol. The van der Waals surface area contributed by atoms with Crippen molar-refractivity contribution >= 4 is 39.1 Å². The van der Waals surface area contributed by atoms with E-state index in [2.05, 4.69) is 5.32 Å². The molecule has 3 aromatic rings. The van der Waals surface area contributed by atoms with Gasteiger partial charge in [-0.1, -0.05) is 54.9 Å². The van der Waals surface area contributed by atoms with E-state index in [0.717, 1.165) is 4.31 Å². The number of halogens is 1. The number of nitrogens with zero attached hydrogens (tertiary/aromatic N) is 2. The summed E-state index contributed by atoms with van der Waals surface area (Å²) in [6, 6.07) is 20.6. The van der Waals surface area contributed by atoms with Crippen LogP contribution >= 0.6 is 11.6 Å². The minimum atomic E-state index is -4.13. The molecule has 0 unspecified atom stereocenters. The summed E-state index contributed by atoms with van der Waals surface area (Å²) in [5, 5.41) is 3.04. The van der Waals surface area contributed by atoms with E-state index in [1.54, 1.807) is 73.7 Å². The second-order valence-electron chi connectivity index (χ2n) is 8.40. The van der Waals surface area contributed by atoms with Crippen molar-refractivity contribution in [3.8, 4) is 5.75 Å². The van der Waals surface area contributed by atoms with E-state index in [4.69, 9.17) is 16.3 Å². The topological polar surface area (TPSA) is 96.0 Å². The smallest absolute Gasteiger partial charge is 0.264 e. The highest BCUT2D eigenvalue weighted by Gasteiger charge is 2.33. The predicted molar refractivity (Wildman–Crippen MR) is 149 cm³/mol. The van der Waals surface area contributed by atoms with Crippen molar-refractivity contribution in [2.75, 3.05) is 24.5 Å². The summed E-state index contributed by atoms with van der Waals surface area (Å²) in [6.07, 6.45) is 0.324. The van der Waals surface area contributed by atoms with Gasteiger partial charge in [0.15, 0.2) is 0 Å². The summed E-state index contributed by atoms with van der Waals surface area (Å²) >= 11 is 6.37. The van der Waals surface area contributed by atoms with E-state index >= 15 is 0 Å². The summed E-state index contributed by atoms with van der Waals surface area (Å²) in [6.45, 7) is 3.61. The molecule has 0 aliphatic carbocycles. The van der Waals surface area contributed by atoms with Crippen molar-refractivity contribution in [1.82, 2.24) is 10.2 Å². The lowest BCUT2D eigenvalue weighted by Crippen LogP contribution is -2.51. The number of likely N-dealkylation sites (N-methyl/N-ethyl adjacent to an activating group) is 1. The molecule has 3 rings (SSSR count). The average molecular weight is 558 g/mol. The van der Waals surface area contributed by atoms with Gasteiger partial charge >= 0.3 is 0 Å². The molecule has 8 nitrogen and oxygen atoms in total. The van der Waals surface area contributed by atoms with Gasteiger partial charge in [0.1, 0.15) is 18.3 Å². The normalized spacial score (nSPS) is 11.9. The maximum absolute atomic E-state index is 13.9. The maximum atomic E-state index is 13.9. The highest BCUT2D eigenvalue weighted by atomic mass is 35.5. The Hall–Kier alpha value is -3.56. The molecule has 10 heteroatoms. The Bertz CT molecular complexity index is 1330. The Kier molecular flexibility index (Phi) is 10.2. The number of rotatable bonds is 12. The van der Waals surface area contributed by atoms with Crippen LogP contribution in [0.3, 0.4) is 0 Å². The van der Waals surface area contributed by atoms with E-state index in [1.807, 2.05) is 6.92 Å². The van der Waals surface area contributed by atoms with Gasteiger partial charge in [-0.15, -0.1) is 0 Å². The third-order valence-corrected chi connectivity index (χ3v) is 8.13. The van der Waals surface area contributed by atoms with Crippen molar-refractivity contribution in [2.24, 2.45) is 0 Å².